The van der Waals surface area contributed by atoms with Crippen molar-refractivity contribution in [3.8, 4) is 0 Å². The molecule has 0 spiro atoms. The first-order valence-corrected chi connectivity index (χ1v) is 6.94. The van der Waals surface area contributed by atoms with Crippen LogP contribution in [0, 0.1) is 0 Å². The zero-order valence-electron chi connectivity index (χ0n) is 9.95. The van der Waals surface area contributed by atoms with Crippen LogP contribution in [0.15, 0.2) is 0 Å². The highest BCUT2D eigenvalue weighted by Gasteiger charge is 2.56. The summed E-state index contributed by atoms with van der Waals surface area (Å²) < 4.78 is 25.1. The van der Waals surface area contributed by atoms with Crippen molar-refractivity contribution in [1.29, 1.82) is 0 Å². The molecule has 2 heterocycles. The molecule has 0 N–H and O–H groups in total. The molecule has 0 aliphatic carbocycles. The van der Waals surface area contributed by atoms with Crippen molar-refractivity contribution in [1.82, 2.24) is 9.80 Å². The quantitative estimate of drug-likeness (QED) is 0.662. The van der Waals surface area contributed by atoms with Crippen molar-refractivity contribution >= 4 is 9.84 Å². The van der Waals surface area contributed by atoms with Crippen LogP contribution in [0.5, 0.6) is 0 Å². The fourth-order valence-electron chi connectivity index (χ4n) is 2.13. The molecule has 0 aromatic heterocycles. The topological polar surface area (TPSA) is 40.2 Å². The number of rotatable bonds is 4. The molecule has 2 fully saturated rings. The molecule has 0 unspecified atom stereocenters. The Labute approximate surface area is 92.2 Å². The van der Waals surface area contributed by atoms with Gasteiger partial charge in [0.15, 0.2) is 9.84 Å². The van der Waals surface area contributed by atoms with Crippen molar-refractivity contribution in [3.05, 3.63) is 0 Å². The number of hydrogen-bond donors (Lipinski definition) is 0. The monoisotopic (exact) mass is 232 g/mol. The maximum atomic E-state index is 12.6. The SMILES string of the molecule is CC(C)(N1CC1)S(=O)(=O)C(C)(C)N1CC1. The van der Waals surface area contributed by atoms with Crippen molar-refractivity contribution in [2.45, 2.75) is 37.4 Å². The van der Waals surface area contributed by atoms with Crippen LogP contribution >= 0.6 is 0 Å². The van der Waals surface area contributed by atoms with Gasteiger partial charge in [0, 0.05) is 26.2 Å². The number of nitrogens with zero attached hydrogens (tertiary/aromatic N) is 2. The molecule has 0 aromatic rings. The van der Waals surface area contributed by atoms with Crippen LogP contribution in [0.2, 0.25) is 0 Å². The summed E-state index contributed by atoms with van der Waals surface area (Å²) in [5, 5.41) is 0. The first-order valence-electron chi connectivity index (χ1n) is 5.45. The van der Waals surface area contributed by atoms with Gasteiger partial charge in [0.2, 0.25) is 0 Å². The Kier molecular flexibility index (Phi) is 2.24. The molecule has 88 valence electrons. The maximum Gasteiger partial charge on any atom is 0.187 e. The van der Waals surface area contributed by atoms with Gasteiger partial charge in [-0.2, -0.15) is 0 Å². The lowest BCUT2D eigenvalue weighted by molar-refractivity contribution is 0.326. The molecule has 4 nitrogen and oxygen atoms in total. The predicted molar refractivity (Wildman–Crippen MR) is 60.2 cm³/mol. The van der Waals surface area contributed by atoms with Crippen molar-refractivity contribution < 1.29 is 8.42 Å². The largest absolute Gasteiger partial charge is 0.283 e. The average molecular weight is 232 g/mol. The molecule has 0 amide bonds. The van der Waals surface area contributed by atoms with E-state index in [2.05, 4.69) is 0 Å². The third-order valence-electron chi connectivity index (χ3n) is 3.73. The van der Waals surface area contributed by atoms with Gasteiger partial charge in [-0.25, -0.2) is 8.42 Å². The van der Waals surface area contributed by atoms with E-state index in [4.69, 9.17) is 0 Å². The Morgan fingerprint density at radius 2 is 1.07 bits per heavy atom. The Bertz CT molecular complexity index is 335. The summed E-state index contributed by atoms with van der Waals surface area (Å²) in [6.07, 6.45) is 0. The standard InChI is InChI=1S/C10H20N2O2S/c1-9(2,11-5-6-11)15(13,14)10(3,4)12-7-8-12/h5-8H2,1-4H3. The summed E-state index contributed by atoms with van der Waals surface area (Å²) in [6.45, 7) is 10.9. The van der Waals surface area contributed by atoms with Crippen LogP contribution in [-0.2, 0) is 9.84 Å². The van der Waals surface area contributed by atoms with E-state index in [0.717, 1.165) is 26.2 Å². The van der Waals surface area contributed by atoms with E-state index in [9.17, 15) is 8.42 Å². The Balaban J connectivity index is 2.32. The minimum absolute atomic E-state index is 0.723. The molecule has 0 saturated carbocycles. The Hall–Kier alpha value is -0.130. The highest BCUT2D eigenvalue weighted by Crippen LogP contribution is 2.39. The lowest BCUT2D eigenvalue weighted by atomic mass is 10.4. The minimum atomic E-state index is -3.16. The molecule has 0 radical (unpaired) electrons. The summed E-state index contributed by atoms with van der Waals surface area (Å²) in [6, 6.07) is 0. The Morgan fingerprint density at radius 1 is 0.800 bits per heavy atom. The predicted octanol–water partition coefficient (Wildman–Crippen LogP) is 0.505. The lowest BCUT2D eigenvalue weighted by Crippen LogP contribution is -2.53. The van der Waals surface area contributed by atoms with Crippen LogP contribution < -0.4 is 0 Å². The minimum Gasteiger partial charge on any atom is -0.283 e. The van der Waals surface area contributed by atoms with E-state index in [1.54, 1.807) is 0 Å². The number of sulfone groups is 1. The first kappa shape index (κ1) is 11.4. The van der Waals surface area contributed by atoms with E-state index in [0.29, 0.717) is 0 Å². The van der Waals surface area contributed by atoms with Gasteiger partial charge in [-0.15, -0.1) is 0 Å². The van der Waals surface area contributed by atoms with Crippen LogP contribution in [0.4, 0.5) is 0 Å². The average Bonchev–Trinajstić information content (AvgIpc) is 2.95. The third-order valence-corrected chi connectivity index (χ3v) is 6.88. The van der Waals surface area contributed by atoms with Crippen molar-refractivity contribution in [3.63, 3.8) is 0 Å². The Morgan fingerprint density at radius 3 is 1.27 bits per heavy atom. The fraction of sp³-hybridized carbons (Fsp3) is 1.00. The normalized spacial score (nSPS) is 24.3. The van der Waals surface area contributed by atoms with Gasteiger partial charge in [-0.1, -0.05) is 0 Å². The zero-order chi connectivity index (χ0) is 11.5. The van der Waals surface area contributed by atoms with Crippen molar-refractivity contribution in [2.24, 2.45) is 0 Å². The van der Waals surface area contributed by atoms with Gasteiger partial charge >= 0.3 is 0 Å². The van der Waals surface area contributed by atoms with Gasteiger partial charge in [-0.05, 0) is 27.7 Å². The van der Waals surface area contributed by atoms with Crippen LogP contribution in [0.3, 0.4) is 0 Å². The summed E-state index contributed by atoms with van der Waals surface area (Å²) in [7, 11) is -3.16. The molecule has 2 rings (SSSR count). The van der Waals surface area contributed by atoms with Crippen LogP contribution in [0.25, 0.3) is 0 Å². The smallest absolute Gasteiger partial charge is 0.187 e. The molecule has 2 aliphatic heterocycles. The maximum absolute atomic E-state index is 12.6. The zero-order valence-corrected chi connectivity index (χ0v) is 10.8. The second-order valence-corrected chi connectivity index (χ2v) is 8.38. The van der Waals surface area contributed by atoms with E-state index in [-0.39, 0.29) is 0 Å². The summed E-state index contributed by atoms with van der Waals surface area (Å²) >= 11 is 0. The number of hydrogen-bond acceptors (Lipinski definition) is 4. The second kappa shape index (κ2) is 2.96. The van der Waals surface area contributed by atoms with Crippen LogP contribution in [0.1, 0.15) is 27.7 Å². The van der Waals surface area contributed by atoms with Gasteiger partial charge in [-0.3, -0.25) is 9.80 Å². The molecular weight excluding hydrogens is 212 g/mol. The third kappa shape index (κ3) is 1.52. The summed E-state index contributed by atoms with van der Waals surface area (Å²) in [5.41, 5.74) is 0. The van der Waals surface area contributed by atoms with Gasteiger partial charge in [0.1, 0.15) is 9.74 Å². The van der Waals surface area contributed by atoms with Crippen molar-refractivity contribution in [2.75, 3.05) is 26.2 Å². The molecular formula is C10H20N2O2S. The molecule has 0 atom stereocenters. The molecule has 0 bridgehead atoms. The summed E-state index contributed by atoms with van der Waals surface area (Å²) in [4.78, 5) is 2.57. The first-order chi connectivity index (χ1) is 6.71. The van der Waals surface area contributed by atoms with Gasteiger partial charge in [0.25, 0.3) is 0 Å². The van der Waals surface area contributed by atoms with Crippen LogP contribution in [-0.4, -0.2) is 54.1 Å². The van der Waals surface area contributed by atoms with E-state index in [1.807, 2.05) is 37.5 Å². The fourth-order valence-corrected chi connectivity index (χ4v) is 4.40. The van der Waals surface area contributed by atoms with Gasteiger partial charge in [0.05, 0.1) is 0 Å². The highest BCUT2D eigenvalue weighted by atomic mass is 32.2. The second-order valence-electron chi connectivity index (χ2n) is 5.37. The molecule has 15 heavy (non-hydrogen) atoms. The molecule has 5 heteroatoms. The van der Waals surface area contributed by atoms with E-state index in [1.165, 1.54) is 0 Å². The molecule has 2 aliphatic rings. The highest BCUT2D eigenvalue weighted by molar-refractivity contribution is 7.94. The van der Waals surface area contributed by atoms with E-state index >= 15 is 0 Å². The lowest BCUT2D eigenvalue weighted by Gasteiger charge is -2.36. The van der Waals surface area contributed by atoms with Gasteiger partial charge < -0.3 is 0 Å². The van der Waals surface area contributed by atoms with E-state index < -0.39 is 19.6 Å². The summed E-state index contributed by atoms with van der Waals surface area (Å²) in [5.74, 6) is 0. The molecule has 2 saturated heterocycles. The molecule has 0 aromatic carbocycles.